The summed E-state index contributed by atoms with van der Waals surface area (Å²) in [5.41, 5.74) is 44.6. The van der Waals surface area contributed by atoms with Crippen molar-refractivity contribution >= 4 is 83.4 Å². The predicted octanol–water partition coefficient (Wildman–Crippen LogP) is 22.3. The molecule has 0 radical (unpaired) electrons. The Bertz CT molecular complexity index is 7640. The third-order valence-electron chi connectivity index (χ3n) is 24.3. The molecule has 0 spiro atoms. The lowest BCUT2D eigenvalue weighted by Crippen LogP contribution is -2.32. The number of hydrogen-bond donors (Lipinski definition) is 0. The molecule has 5 aromatic carbocycles. The van der Waals surface area contributed by atoms with Gasteiger partial charge < -0.3 is 0 Å². The van der Waals surface area contributed by atoms with Crippen molar-refractivity contribution in [3.63, 3.8) is 0 Å². The molecule has 0 saturated heterocycles. The lowest BCUT2D eigenvalue weighted by atomic mass is 9.86. The van der Waals surface area contributed by atoms with Crippen LogP contribution in [0.25, 0.3) is 140 Å². The largest absolute Gasteiger partial charge is 0.299 e. The molecule has 0 N–H and O–H groups in total. The zero-order valence-corrected chi connectivity index (χ0v) is 75.4. The summed E-state index contributed by atoms with van der Waals surface area (Å²) in [4.78, 5) is 23.7. The van der Waals surface area contributed by atoms with Crippen LogP contribution in [-0.2, 0) is 48.1 Å². The third kappa shape index (κ3) is 16.4. The zero-order chi connectivity index (χ0) is 89.4. The molecular weight excluding hydrogens is 1510 g/mol. The molecule has 0 aliphatic heterocycles. The van der Waals surface area contributed by atoms with Gasteiger partial charge >= 0.3 is 0 Å². The van der Waals surface area contributed by atoms with Crippen molar-refractivity contribution in [2.24, 2.45) is 46.1 Å². The van der Waals surface area contributed by atoms with Gasteiger partial charge in [0.05, 0.1) is 83.0 Å². The Labute approximate surface area is 727 Å². The van der Waals surface area contributed by atoms with Gasteiger partial charge in [0, 0.05) is 93.7 Å². The van der Waals surface area contributed by atoms with E-state index in [-0.39, 0.29) is 10.8 Å². The Balaban J connectivity index is 0.000000116. The van der Waals surface area contributed by atoms with Gasteiger partial charge in [-0.3, -0.25) is 22.0 Å². The van der Waals surface area contributed by atoms with Crippen LogP contribution >= 0.6 is 0 Å². The summed E-state index contributed by atoms with van der Waals surface area (Å²) >= 11 is 0. The van der Waals surface area contributed by atoms with Crippen LogP contribution in [0.15, 0.2) is 256 Å². The second kappa shape index (κ2) is 33.2. The smallest absolute Gasteiger partial charge is 0.212 e. The van der Waals surface area contributed by atoms with Crippen LogP contribution in [0.2, 0.25) is 0 Å². The average molecular weight is 1630 g/mol. The molecule has 15 aromatic heterocycles. The van der Waals surface area contributed by atoms with E-state index in [2.05, 4.69) is 374 Å². The summed E-state index contributed by atoms with van der Waals surface area (Å²) in [6.07, 6.45) is 23.1. The zero-order valence-electron chi connectivity index (χ0n) is 78.4. The van der Waals surface area contributed by atoms with E-state index in [1.165, 1.54) is 128 Å². The number of benzene rings is 5. The Hall–Kier alpha value is -13.4. The second-order valence-electron chi connectivity index (χ2n) is 36.3. The molecule has 20 rings (SSSR count). The van der Waals surface area contributed by atoms with Crippen LogP contribution in [0.4, 0.5) is 0 Å². The minimum absolute atomic E-state index is 0.266. The first-order chi connectivity index (χ1) is 60.0. The van der Waals surface area contributed by atoms with Gasteiger partial charge in [-0.15, -0.1) is 0 Å². The summed E-state index contributed by atoms with van der Waals surface area (Å²) in [5, 5.41) is 0. The van der Waals surface area contributed by atoms with Gasteiger partial charge in [0.2, 0.25) is 28.5 Å². The maximum atomic E-state index is 7.57. The number of aryl methyl sites for hydroxylation is 15. The molecule has 0 bridgehead atoms. The van der Waals surface area contributed by atoms with Crippen LogP contribution < -0.4 is 22.8 Å². The number of imidazole rings is 5. The Morgan fingerprint density at radius 3 is 0.992 bits per heavy atom. The van der Waals surface area contributed by atoms with E-state index in [0.29, 0.717) is 11.5 Å². The molecule has 0 amide bonds. The lowest BCUT2D eigenvalue weighted by molar-refractivity contribution is -0.660. The fourth-order valence-corrected chi connectivity index (χ4v) is 18.2. The van der Waals surface area contributed by atoms with Crippen LogP contribution in [0.1, 0.15) is 138 Å². The molecule has 15 nitrogen and oxygen atoms in total. The molecule has 0 aliphatic rings. The van der Waals surface area contributed by atoms with Crippen molar-refractivity contribution in [2.75, 3.05) is 0 Å². The Morgan fingerprint density at radius 1 is 0.317 bits per heavy atom. The lowest BCUT2D eigenvalue weighted by Gasteiger charge is -2.19. The molecule has 0 aliphatic carbocycles. The monoisotopic (exact) mass is 1630 g/mol. The maximum absolute atomic E-state index is 7.57. The van der Waals surface area contributed by atoms with Crippen molar-refractivity contribution in [2.45, 2.75) is 143 Å². The SMILES string of the molecule is Cc1c(-c2cc(CC(C)(C)C)cc[n+]2C)ccc2nc3ccccn3c12.Cc1c[n+](C)c(-c2ccc3nc4ccccn4c3c2C)cc1C(C)C.Cc1c[n+](C)c(-c2ccc3nc4ccccn4c3c2C)cc1CC(C)(C)C.Cc1cc(-c2ccc3nc4ccccn4c3c2C)[n+](C)cc1C.[2H]C([2H])([2H])c1ccc(-c2ccc3nc4ccccn4c3c2C)[n+](C)c1. The fourth-order valence-electron chi connectivity index (χ4n) is 18.2. The van der Waals surface area contributed by atoms with E-state index in [1.54, 1.807) is 12.3 Å². The standard InChI is InChI=1S/C24H28N3.C23H26N3.C22H24N3.C20H20N3.C19H18N3/c1-16-15-26(6)21(13-18(16)14-24(3,4)5)19-10-11-20-23(17(19)2)27-12-8-7-9-22(27)25-20;1-16-18(20-14-17(11-13-25(20)5)15-23(2,3)4)9-10-19-22(16)26-12-7-6-8-21(26)24-19;1-14(2)18-12-20(24(5)13-15(18)3)17-9-10-19-22(16(17)4)25-11-7-6-8-21(25)23-19;1-13-11-18(22(4)12-14(13)2)16-8-9-17-20(15(16)3)23-10-6-5-7-19(23)21-17;1-13-7-10-17(21(3)12-13)15-8-9-16-19(14(15)2)22-11-5-4-6-18(22)20-16/h7-13,15H,14H2,1-6H3;6-14H,15H2,1-5H3;6-14H,1-5H3;5-12H,1-4H3;4-12H,1-3H3/q5*+1/i;;;;1D3. The Morgan fingerprint density at radius 2 is 0.642 bits per heavy atom. The molecule has 0 unspecified atom stereocenters. The minimum Gasteiger partial charge on any atom is -0.299 e. The summed E-state index contributed by atoms with van der Waals surface area (Å²) in [7, 11) is 10.4. The summed E-state index contributed by atoms with van der Waals surface area (Å²) in [5.74, 6) is 0.514. The van der Waals surface area contributed by atoms with Crippen LogP contribution in [0, 0.1) is 80.0 Å². The molecule has 0 fully saturated rings. The first-order valence-electron chi connectivity index (χ1n) is 44.3. The number of nitrogens with zero attached hydrogens (tertiary/aromatic N) is 15. The van der Waals surface area contributed by atoms with Crippen molar-refractivity contribution in [3.05, 3.63) is 328 Å². The van der Waals surface area contributed by atoms with Gasteiger partial charge in [-0.05, 0) is 276 Å². The fraction of sp³-hybridized carbons (Fsp3) is 0.259. The quantitative estimate of drug-likeness (QED) is 0.141. The highest BCUT2D eigenvalue weighted by atomic mass is 15.0. The first-order valence-corrected chi connectivity index (χ1v) is 42.8. The van der Waals surface area contributed by atoms with Gasteiger partial charge in [-0.25, -0.2) is 47.8 Å². The minimum atomic E-state index is -2.10. The molecule has 0 atom stereocenters. The average Bonchev–Trinajstić information content (AvgIpc) is 1.60. The van der Waals surface area contributed by atoms with E-state index in [9.17, 15) is 0 Å². The van der Waals surface area contributed by atoms with Crippen molar-refractivity contribution in [1.29, 1.82) is 0 Å². The normalized spacial score (nSPS) is 12.3. The van der Waals surface area contributed by atoms with Crippen LogP contribution in [-0.4, -0.2) is 46.9 Å². The number of pyridine rings is 10. The number of rotatable bonds is 8. The highest BCUT2D eigenvalue weighted by molar-refractivity contribution is 5.93. The molecular formula is C108H116N15+5. The molecule has 20 aromatic rings. The van der Waals surface area contributed by atoms with Crippen molar-refractivity contribution < 1.29 is 26.9 Å². The summed E-state index contributed by atoms with van der Waals surface area (Å²) < 4.78 is 44.3. The van der Waals surface area contributed by atoms with Crippen molar-refractivity contribution in [3.8, 4) is 56.3 Å². The number of aromatic nitrogens is 15. The molecule has 0 saturated carbocycles. The topological polar surface area (TPSA) is 106 Å². The van der Waals surface area contributed by atoms with E-state index in [0.717, 1.165) is 91.0 Å². The van der Waals surface area contributed by atoms with Gasteiger partial charge in [0.15, 0.2) is 31.0 Å². The Kier molecular flexibility index (Phi) is 21.4. The van der Waals surface area contributed by atoms with Crippen LogP contribution in [0.5, 0.6) is 0 Å². The molecule has 15 heteroatoms. The van der Waals surface area contributed by atoms with Gasteiger partial charge in [0.1, 0.15) is 63.5 Å². The van der Waals surface area contributed by atoms with E-state index in [4.69, 9.17) is 24.0 Å². The summed E-state index contributed by atoms with van der Waals surface area (Å²) in [6, 6.07) is 67.1. The number of fused-ring (bicyclic) bond motifs is 15. The molecule has 123 heavy (non-hydrogen) atoms. The van der Waals surface area contributed by atoms with Gasteiger partial charge in [-0.2, -0.15) is 0 Å². The van der Waals surface area contributed by atoms with E-state index in [1.807, 2.05) is 72.4 Å². The van der Waals surface area contributed by atoms with Crippen molar-refractivity contribution in [1.82, 2.24) is 46.9 Å². The predicted molar refractivity (Wildman–Crippen MR) is 504 cm³/mol. The molecule has 618 valence electrons. The van der Waals surface area contributed by atoms with E-state index < -0.39 is 6.85 Å². The van der Waals surface area contributed by atoms with Gasteiger partial charge in [-0.1, -0.05) is 85.7 Å². The number of hydrogen-bond acceptors (Lipinski definition) is 5. The van der Waals surface area contributed by atoms with E-state index >= 15 is 0 Å². The van der Waals surface area contributed by atoms with Gasteiger partial charge in [0.25, 0.3) is 0 Å². The second-order valence-corrected chi connectivity index (χ2v) is 36.3. The molecule has 15 heterocycles. The third-order valence-corrected chi connectivity index (χ3v) is 24.3. The summed E-state index contributed by atoms with van der Waals surface area (Å²) in [6.45, 7) is 35.8. The highest BCUT2D eigenvalue weighted by Gasteiger charge is 2.27. The van der Waals surface area contributed by atoms with Crippen LogP contribution in [0.3, 0.4) is 0 Å². The first kappa shape index (κ1) is 79.4. The highest BCUT2D eigenvalue weighted by Crippen LogP contribution is 2.37. The maximum Gasteiger partial charge on any atom is 0.212 e.